The molecular formula is C18H23N3O3S. The normalized spacial score (nSPS) is 24.0. The summed E-state index contributed by atoms with van der Waals surface area (Å²) < 4.78 is 25.3. The summed E-state index contributed by atoms with van der Waals surface area (Å²) in [5, 5.41) is 1.07. The Bertz CT molecular complexity index is 911. The molecule has 0 bridgehead atoms. The third kappa shape index (κ3) is 3.06. The molecule has 2 fully saturated rings. The number of fused-ring (bicyclic) bond motifs is 1. The van der Waals surface area contributed by atoms with Crippen molar-refractivity contribution in [2.45, 2.75) is 12.5 Å². The van der Waals surface area contributed by atoms with Gasteiger partial charge in [-0.15, -0.1) is 0 Å². The molecule has 1 unspecified atom stereocenters. The third-order valence-corrected chi connectivity index (χ3v) is 7.25. The van der Waals surface area contributed by atoms with E-state index in [-0.39, 0.29) is 17.7 Å². The Hall–Kier alpha value is -1.86. The molecule has 1 atom stereocenters. The van der Waals surface area contributed by atoms with Crippen LogP contribution in [0.1, 0.15) is 16.9 Å². The van der Waals surface area contributed by atoms with Gasteiger partial charge in [-0.1, -0.05) is 18.2 Å². The second kappa shape index (κ2) is 6.14. The SMILES string of the molecule is Cn1c(C(=O)N2CCN(C3CCS(=O)(=O)C3)CC2)cc2ccccc21. The first kappa shape index (κ1) is 16.6. The van der Waals surface area contributed by atoms with E-state index in [1.807, 2.05) is 46.8 Å². The van der Waals surface area contributed by atoms with Gasteiger partial charge in [-0.05, 0) is 18.6 Å². The molecule has 0 radical (unpaired) electrons. The first-order chi connectivity index (χ1) is 11.9. The molecule has 2 aromatic rings. The fraction of sp³-hybridized carbons (Fsp3) is 0.500. The predicted octanol–water partition coefficient (Wildman–Crippen LogP) is 1.12. The Kier molecular flexibility index (Phi) is 4.08. The van der Waals surface area contributed by atoms with Crippen LogP contribution in [0.15, 0.2) is 30.3 Å². The number of aromatic nitrogens is 1. The highest BCUT2D eigenvalue weighted by Crippen LogP contribution is 2.22. The maximum absolute atomic E-state index is 12.9. The van der Waals surface area contributed by atoms with Crippen LogP contribution >= 0.6 is 0 Å². The Morgan fingerprint density at radius 3 is 2.48 bits per heavy atom. The third-order valence-electron chi connectivity index (χ3n) is 5.50. The van der Waals surface area contributed by atoms with E-state index in [4.69, 9.17) is 0 Å². The lowest BCUT2D eigenvalue weighted by atomic mass is 10.2. The zero-order valence-electron chi connectivity index (χ0n) is 14.4. The summed E-state index contributed by atoms with van der Waals surface area (Å²) in [6.45, 7) is 2.79. The summed E-state index contributed by atoms with van der Waals surface area (Å²) in [5.41, 5.74) is 1.76. The van der Waals surface area contributed by atoms with Crippen LogP contribution in [0, 0.1) is 0 Å². The summed E-state index contributed by atoms with van der Waals surface area (Å²) in [6, 6.07) is 10.1. The lowest BCUT2D eigenvalue weighted by molar-refractivity contribution is 0.0579. The van der Waals surface area contributed by atoms with E-state index in [1.165, 1.54) is 0 Å². The summed E-state index contributed by atoms with van der Waals surface area (Å²) in [6.07, 6.45) is 0.722. The summed E-state index contributed by atoms with van der Waals surface area (Å²) in [5.74, 6) is 0.620. The number of hydrogen-bond acceptors (Lipinski definition) is 4. The Morgan fingerprint density at radius 1 is 1.12 bits per heavy atom. The standard InChI is InChI=1S/C18H23N3O3S/c1-19-16-5-3-2-4-14(16)12-17(19)18(22)21-9-7-20(8-10-21)15-6-11-25(23,24)13-15/h2-5,12,15H,6-11,13H2,1H3. The van der Waals surface area contributed by atoms with Gasteiger partial charge in [0.05, 0.1) is 11.5 Å². The van der Waals surface area contributed by atoms with Crippen LogP contribution in [-0.2, 0) is 16.9 Å². The van der Waals surface area contributed by atoms with Gasteiger partial charge in [0.2, 0.25) is 0 Å². The van der Waals surface area contributed by atoms with E-state index >= 15 is 0 Å². The molecule has 2 saturated heterocycles. The van der Waals surface area contributed by atoms with Crippen molar-refractivity contribution in [3.8, 4) is 0 Å². The average molecular weight is 361 g/mol. The predicted molar refractivity (Wildman–Crippen MR) is 97.5 cm³/mol. The van der Waals surface area contributed by atoms with Crippen LogP contribution in [0.3, 0.4) is 0 Å². The van der Waals surface area contributed by atoms with Gasteiger partial charge in [-0.25, -0.2) is 8.42 Å². The van der Waals surface area contributed by atoms with Gasteiger partial charge in [0.25, 0.3) is 5.91 Å². The number of carbonyl (C=O) groups is 1. The van der Waals surface area contributed by atoms with Crippen LogP contribution in [0.4, 0.5) is 0 Å². The minimum absolute atomic E-state index is 0.0531. The van der Waals surface area contributed by atoms with E-state index in [2.05, 4.69) is 4.90 Å². The van der Waals surface area contributed by atoms with Crippen LogP contribution in [0.2, 0.25) is 0 Å². The zero-order valence-corrected chi connectivity index (χ0v) is 15.2. The Morgan fingerprint density at radius 2 is 1.84 bits per heavy atom. The van der Waals surface area contributed by atoms with Gasteiger partial charge >= 0.3 is 0 Å². The summed E-state index contributed by atoms with van der Waals surface area (Å²) in [4.78, 5) is 17.0. The number of aryl methyl sites for hydroxylation is 1. The van der Waals surface area contributed by atoms with Crippen LogP contribution in [0.5, 0.6) is 0 Å². The molecule has 25 heavy (non-hydrogen) atoms. The van der Waals surface area contributed by atoms with E-state index in [9.17, 15) is 13.2 Å². The highest BCUT2D eigenvalue weighted by Gasteiger charge is 2.34. The molecule has 1 aromatic heterocycles. The summed E-state index contributed by atoms with van der Waals surface area (Å²) in [7, 11) is -0.938. The Balaban J connectivity index is 1.45. The van der Waals surface area contributed by atoms with Crippen molar-refractivity contribution in [2.24, 2.45) is 7.05 Å². The highest BCUT2D eigenvalue weighted by atomic mass is 32.2. The largest absolute Gasteiger partial charge is 0.340 e. The number of nitrogens with zero attached hydrogens (tertiary/aromatic N) is 3. The lowest BCUT2D eigenvalue weighted by Gasteiger charge is -2.37. The minimum atomic E-state index is -2.86. The number of amides is 1. The molecule has 6 nitrogen and oxygen atoms in total. The number of sulfone groups is 1. The van der Waals surface area contributed by atoms with Crippen molar-refractivity contribution in [2.75, 3.05) is 37.7 Å². The molecule has 2 aliphatic heterocycles. The number of benzene rings is 1. The molecule has 1 aromatic carbocycles. The van der Waals surface area contributed by atoms with E-state index in [0.29, 0.717) is 24.5 Å². The molecule has 7 heteroatoms. The van der Waals surface area contributed by atoms with Gasteiger partial charge in [0.15, 0.2) is 9.84 Å². The molecule has 1 amide bonds. The van der Waals surface area contributed by atoms with E-state index in [0.717, 1.165) is 30.4 Å². The van der Waals surface area contributed by atoms with Crippen LogP contribution < -0.4 is 0 Å². The number of para-hydroxylation sites is 1. The van der Waals surface area contributed by atoms with Gasteiger partial charge in [-0.2, -0.15) is 0 Å². The van der Waals surface area contributed by atoms with Gasteiger partial charge in [-0.3, -0.25) is 9.69 Å². The lowest BCUT2D eigenvalue weighted by Crippen LogP contribution is -2.52. The monoisotopic (exact) mass is 361 g/mol. The van der Waals surface area contributed by atoms with Gasteiger partial charge < -0.3 is 9.47 Å². The minimum Gasteiger partial charge on any atom is -0.340 e. The van der Waals surface area contributed by atoms with E-state index in [1.54, 1.807) is 0 Å². The summed E-state index contributed by atoms with van der Waals surface area (Å²) >= 11 is 0. The first-order valence-electron chi connectivity index (χ1n) is 8.73. The molecule has 4 rings (SSSR count). The molecule has 3 heterocycles. The van der Waals surface area contributed by atoms with Crippen molar-refractivity contribution < 1.29 is 13.2 Å². The average Bonchev–Trinajstić information content (AvgIpc) is 3.15. The van der Waals surface area contributed by atoms with Crippen LogP contribution in [0.25, 0.3) is 10.9 Å². The maximum Gasteiger partial charge on any atom is 0.270 e. The maximum atomic E-state index is 12.9. The highest BCUT2D eigenvalue weighted by molar-refractivity contribution is 7.91. The molecule has 2 aliphatic rings. The molecule has 0 aliphatic carbocycles. The Labute approximate surface area is 147 Å². The second-order valence-electron chi connectivity index (χ2n) is 7.03. The quantitative estimate of drug-likeness (QED) is 0.804. The molecule has 0 saturated carbocycles. The number of carbonyl (C=O) groups excluding carboxylic acids is 1. The number of hydrogen-bond donors (Lipinski definition) is 0. The first-order valence-corrected chi connectivity index (χ1v) is 10.5. The van der Waals surface area contributed by atoms with E-state index < -0.39 is 9.84 Å². The van der Waals surface area contributed by atoms with Crippen molar-refractivity contribution in [1.29, 1.82) is 0 Å². The van der Waals surface area contributed by atoms with Crippen LogP contribution in [-0.4, -0.2) is 72.4 Å². The van der Waals surface area contributed by atoms with Crippen molar-refractivity contribution >= 4 is 26.6 Å². The zero-order chi connectivity index (χ0) is 17.6. The molecular weight excluding hydrogens is 338 g/mol. The smallest absolute Gasteiger partial charge is 0.270 e. The molecule has 0 N–H and O–H groups in total. The van der Waals surface area contributed by atoms with Crippen molar-refractivity contribution in [1.82, 2.24) is 14.4 Å². The fourth-order valence-corrected chi connectivity index (χ4v) is 5.77. The molecule has 0 spiro atoms. The fourth-order valence-electron chi connectivity index (χ4n) is 4.01. The second-order valence-corrected chi connectivity index (χ2v) is 9.26. The van der Waals surface area contributed by atoms with Gasteiger partial charge in [0, 0.05) is 50.2 Å². The van der Waals surface area contributed by atoms with Crippen molar-refractivity contribution in [3.05, 3.63) is 36.0 Å². The number of rotatable bonds is 2. The van der Waals surface area contributed by atoms with Gasteiger partial charge in [0.1, 0.15) is 5.69 Å². The number of piperazine rings is 1. The van der Waals surface area contributed by atoms with Crippen molar-refractivity contribution in [3.63, 3.8) is 0 Å². The topological polar surface area (TPSA) is 62.6 Å². The molecule has 134 valence electrons.